The minimum absolute atomic E-state index is 0.0913. The van der Waals surface area contributed by atoms with E-state index < -0.39 is 0 Å². The first-order chi connectivity index (χ1) is 16.0. The van der Waals surface area contributed by atoms with Crippen LogP contribution in [0.25, 0.3) is 11.3 Å². The Bertz CT molecular complexity index is 1250. The normalized spacial score (nSPS) is 10.5. The smallest absolute Gasteiger partial charge is 0.262 e. The molecule has 4 aromatic rings. The second-order valence-corrected chi connectivity index (χ2v) is 7.74. The lowest BCUT2D eigenvalue weighted by atomic mass is 10.1. The Morgan fingerprint density at radius 3 is 2.52 bits per heavy atom. The molecule has 0 aliphatic rings. The molecule has 0 radical (unpaired) electrons. The van der Waals surface area contributed by atoms with Gasteiger partial charge in [-0.2, -0.15) is 0 Å². The van der Waals surface area contributed by atoms with Crippen LogP contribution in [0.4, 0.5) is 17.3 Å². The molecule has 0 spiro atoms. The lowest BCUT2D eigenvalue weighted by Gasteiger charge is -2.15. The number of hydrogen-bond donors (Lipinski definition) is 2. The maximum Gasteiger partial charge on any atom is 0.262 e. The summed E-state index contributed by atoms with van der Waals surface area (Å²) in [7, 11) is 0. The van der Waals surface area contributed by atoms with Gasteiger partial charge < -0.3 is 15.4 Å². The number of nitrogens with zero attached hydrogens (tertiary/aromatic N) is 3. The van der Waals surface area contributed by atoms with Crippen molar-refractivity contribution in [1.29, 1.82) is 0 Å². The van der Waals surface area contributed by atoms with E-state index >= 15 is 0 Å². The van der Waals surface area contributed by atoms with Gasteiger partial charge in [0, 0.05) is 24.2 Å². The lowest BCUT2D eigenvalue weighted by molar-refractivity contribution is -0.118. The van der Waals surface area contributed by atoms with E-state index in [1.54, 1.807) is 18.6 Å². The fourth-order valence-corrected chi connectivity index (χ4v) is 3.44. The van der Waals surface area contributed by atoms with Gasteiger partial charge in [0.25, 0.3) is 5.91 Å². The molecule has 7 nitrogen and oxygen atoms in total. The van der Waals surface area contributed by atoms with E-state index in [1.165, 1.54) is 0 Å². The Labute approximate surface area is 192 Å². The van der Waals surface area contributed by atoms with Crippen LogP contribution in [0.15, 0.2) is 73.2 Å². The van der Waals surface area contributed by atoms with E-state index in [0.29, 0.717) is 17.3 Å². The van der Waals surface area contributed by atoms with Crippen LogP contribution in [0.1, 0.15) is 16.7 Å². The van der Waals surface area contributed by atoms with Crippen LogP contribution < -0.4 is 15.4 Å². The van der Waals surface area contributed by atoms with E-state index in [-0.39, 0.29) is 12.5 Å². The standard InChI is InChI=1S/C26H25N5O2/c1-17-9-10-22(29-24(32)16-33-25-18(2)6-4-7-19(25)3)23(14-17)31-26-28-13-11-21(30-26)20-8-5-12-27-15-20/h4-15H,16H2,1-3H3,(H,29,32)(H,28,30,31). The molecule has 0 fully saturated rings. The third kappa shape index (κ3) is 5.51. The monoisotopic (exact) mass is 439 g/mol. The molecule has 33 heavy (non-hydrogen) atoms. The van der Waals surface area contributed by atoms with Crippen molar-refractivity contribution in [2.45, 2.75) is 20.8 Å². The molecular formula is C26H25N5O2. The highest BCUT2D eigenvalue weighted by Crippen LogP contribution is 2.27. The average molecular weight is 440 g/mol. The number of hydrogen-bond acceptors (Lipinski definition) is 6. The summed E-state index contributed by atoms with van der Waals surface area (Å²) in [5.74, 6) is 0.898. The van der Waals surface area contributed by atoms with E-state index in [4.69, 9.17) is 4.74 Å². The summed E-state index contributed by atoms with van der Waals surface area (Å²) in [4.78, 5) is 25.7. The molecule has 4 rings (SSSR count). The van der Waals surface area contributed by atoms with Crippen molar-refractivity contribution in [2.24, 2.45) is 0 Å². The highest BCUT2D eigenvalue weighted by Gasteiger charge is 2.12. The van der Waals surface area contributed by atoms with Gasteiger partial charge in [-0.1, -0.05) is 24.3 Å². The Morgan fingerprint density at radius 1 is 0.939 bits per heavy atom. The fraction of sp³-hybridized carbons (Fsp3) is 0.154. The van der Waals surface area contributed by atoms with Gasteiger partial charge in [-0.15, -0.1) is 0 Å². The van der Waals surface area contributed by atoms with Crippen molar-refractivity contribution >= 4 is 23.2 Å². The van der Waals surface area contributed by atoms with Crippen molar-refractivity contribution in [2.75, 3.05) is 17.2 Å². The molecule has 0 saturated carbocycles. The zero-order valence-electron chi connectivity index (χ0n) is 18.8. The largest absolute Gasteiger partial charge is 0.483 e. The van der Waals surface area contributed by atoms with Crippen molar-refractivity contribution in [3.8, 4) is 17.0 Å². The number of para-hydroxylation sites is 1. The molecular weight excluding hydrogens is 414 g/mol. The first-order valence-electron chi connectivity index (χ1n) is 10.6. The molecule has 0 saturated heterocycles. The number of aromatic nitrogens is 3. The molecule has 0 bridgehead atoms. The minimum Gasteiger partial charge on any atom is -0.483 e. The molecule has 2 heterocycles. The molecule has 1 amide bonds. The number of ether oxygens (including phenoxy) is 1. The molecule has 0 aliphatic carbocycles. The van der Waals surface area contributed by atoms with Crippen LogP contribution in [0.3, 0.4) is 0 Å². The van der Waals surface area contributed by atoms with Gasteiger partial charge in [0.05, 0.1) is 17.1 Å². The maximum atomic E-state index is 12.6. The van der Waals surface area contributed by atoms with E-state index in [0.717, 1.165) is 33.7 Å². The molecule has 166 valence electrons. The Hall–Kier alpha value is -4.26. The van der Waals surface area contributed by atoms with E-state index in [1.807, 2.05) is 75.4 Å². The van der Waals surface area contributed by atoms with E-state index in [2.05, 4.69) is 25.6 Å². The van der Waals surface area contributed by atoms with Gasteiger partial charge in [-0.05, 0) is 67.8 Å². The number of carbonyl (C=O) groups excluding carboxylic acids is 1. The maximum absolute atomic E-state index is 12.6. The van der Waals surface area contributed by atoms with Crippen LogP contribution in [-0.4, -0.2) is 27.5 Å². The topological polar surface area (TPSA) is 89.0 Å². The Balaban J connectivity index is 1.49. The highest BCUT2D eigenvalue weighted by atomic mass is 16.5. The summed E-state index contributed by atoms with van der Waals surface area (Å²) in [6.07, 6.45) is 5.15. The van der Waals surface area contributed by atoms with Crippen LogP contribution in [-0.2, 0) is 4.79 Å². The predicted octanol–water partition coefficient (Wildman–Crippen LogP) is 5.22. The quantitative estimate of drug-likeness (QED) is 0.410. The summed E-state index contributed by atoms with van der Waals surface area (Å²) in [5, 5.41) is 6.14. The number of rotatable bonds is 7. The highest BCUT2D eigenvalue weighted by molar-refractivity contribution is 5.95. The second-order valence-electron chi connectivity index (χ2n) is 7.74. The number of pyridine rings is 1. The molecule has 0 atom stereocenters. The van der Waals surface area contributed by atoms with Gasteiger partial charge in [0.2, 0.25) is 5.95 Å². The number of aryl methyl sites for hydroxylation is 3. The fourth-order valence-electron chi connectivity index (χ4n) is 3.44. The number of carbonyl (C=O) groups is 1. The molecule has 0 unspecified atom stereocenters. The minimum atomic E-state index is -0.255. The second kappa shape index (κ2) is 9.91. The number of amides is 1. The number of nitrogens with one attached hydrogen (secondary N) is 2. The van der Waals surface area contributed by atoms with Crippen molar-refractivity contribution in [3.05, 3.63) is 89.9 Å². The van der Waals surface area contributed by atoms with Gasteiger partial charge in [-0.25, -0.2) is 9.97 Å². The van der Waals surface area contributed by atoms with Crippen LogP contribution in [0.2, 0.25) is 0 Å². The Morgan fingerprint density at radius 2 is 1.76 bits per heavy atom. The van der Waals surface area contributed by atoms with Gasteiger partial charge >= 0.3 is 0 Å². The summed E-state index contributed by atoms with van der Waals surface area (Å²) in [5.41, 5.74) is 5.97. The first kappa shape index (κ1) is 22.0. The van der Waals surface area contributed by atoms with Crippen molar-refractivity contribution in [1.82, 2.24) is 15.0 Å². The lowest BCUT2D eigenvalue weighted by Crippen LogP contribution is -2.21. The molecule has 2 aromatic heterocycles. The summed E-state index contributed by atoms with van der Waals surface area (Å²) >= 11 is 0. The number of anilines is 3. The summed E-state index contributed by atoms with van der Waals surface area (Å²) in [6.45, 7) is 5.81. The van der Waals surface area contributed by atoms with Crippen molar-refractivity contribution in [3.63, 3.8) is 0 Å². The molecule has 7 heteroatoms. The molecule has 0 aliphatic heterocycles. The average Bonchev–Trinajstić information content (AvgIpc) is 2.81. The first-order valence-corrected chi connectivity index (χ1v) is 10.6. The molecule has 2 N–H and O–H groups in total. The van der Waals surface area contributed by atoms with E-state index in [9.17, 15) is 4.79 Å². The Kier molecular flexibility index (Phi) is 6.59. The zero-order chi connectivity index (χ0) is 23.2. The SMILES string of the molecule is Cc1ccc(NC(=O)COc2c(C)cccc2C)c(Nc2nccc(-c3cccnc3)n2)c1. The van der Waals surface area contributed by atoms with Crippen LogP contribution in [0, 0.1) is 20.8 Å². The van der Waals surface area contributed by atoms with Crippen LogP contribution in [0.5, 0.6) is 5.75 Å². The summed E-state index contributed by atoms with van der Waals surface area (Å²) in [6, 6.07) is 17.2. The summed E-state index contributed by atoms with van der Waals surface area (Å²) < 4.78 is 5.79. The van der Waals surface area contributed by atoms with Crippen molar-refractivity contribution < 1.29 is 9.53 Å². The molecule has 2 aromatic carbocycles. The number of benzene rings is 2. The van der Waals surface area contributed by atoms with Gasteiger partial charge in [0.1, 0.15) is 5.75 Å². The predicted molar refractivity (Wildman–Crippen MR) is 130 cm³/mol. The third-order valence-corrected chi connectivity index (χ3v) is 5.06. The van der Waals surface area contributed by atoms with Gasteiger partial charge in [0.15, 0.2) is 6.61 Å². The zero-order valence-corrected chi connectivity index (χ0v) is 18.8. The van der Waals surface area contributed by atoms with Gasteiger partial charge in [-0.3, -0.25) is 9.78 Å². The van der Waals surface area contributed by atoms with Crippen LogP contribution >= 0.6 is 0 Å². The third-order valence-electron chi connectivity index (χ3n) is 5.06.